The zero-order valence-electron chi connectivity index (χ0n) is 16.7. The minimum absolute atomic E-state index is 0. The highest BCUT2D eigenvalue weighted by atomic mass is 35.5. The van der Waals surface area contributed by atoms with Gasteiger partial charge in [-0.2, -0.15) is 5.10 Å². The highest BCUT2D eigenvalue weighted by molar-refractivity contribution is 5.85. The Bertz CT molecular complexity index is 599. The summed E-state index contributed by atoms with van der Waals surface area (Å²) in [5.41, 5.74) is 1.13. The van der Waals surface area contributed by atoms with Crippen molar-refractivity contribution in [3.05, 3.63) is 18.0 Å². The van der Waals surface area contributed by atoms with E-state index in [1.807, 2.05) is 10.9 Å². The van der Waals surface area contributed by atoms with Gasteiger partial charge in [-0.3, -0.25) is 14.4 Å². The smallest absolute Gasteiger partial charge is 0.244 e. The molecule has 1 aliphatic carbocycles. The molecular weight excluding hydrogens is 397 g/mol. The summed E-state index contributed by atoms with van der Waals surface area (Å²) in [4.78, 5) is 17.4. The van der Waals surface area contributed by atoms with Crippen LogP contribution in [0.1, 0.15) is 56.6 Å². The van der Waals surface area contributed by atoms with Gasteiger partial charge in [0.05, 0.1) is 5.69 Å². The number of carbonyl (C=O) groups excluding carboxylic acids is 1. The van der Waals surface area contributed by atoms with Crippen molar-refractivity contribution in [2.24, 2.45) is 0 Å². The van der Waals surface area contributed by atoms with Crippen molar-refractivity contribution >= 4 is 30.7 Å². The maximum Gasteiger partial charge on any atom is 0.244 e. The number of rotatable bonds is 4. The number of carbonyl (C=O) groups is 1. The van der Waals surface area contributed by atoms with Crippen LogP contribution < -0.4 is 5.32 Å². The van der Waals surface area contributed by atoms with Crippen molar-refractivity contribution in [2.45, 2.75) is 63.5 Å². The van der Waals surface area contributed by atoms with E-state index in [1.54, 1.807) is 0 Å². The molecule has 1 atom stereocenters. The molecule has 0 aromatic carbocycles. The largest absolute Gasteiger partial charge is 0.340 e. The molecule has 3 aliphatic rings. The van der Waals surface area contributed by atoms with Crippen molar-refractivity contribution in [3.63, 3.8) is 0 Å². The SMILES string of the molecule is Cl.Cl.O=C(Cn1ccc(C2CCCNC2)n1)N1CCCN(C2CCCC2)CC1. The highest BCUT2D eigenvalue weighted by Crippen LogP contribution is 2.24. The fourth-order valence-corrected chi connectivity index (χ4v) is 4.85. The molecule has 2 aliphatic heterocycles. The topological polar surface area (TPSA) is 53.4 Å². The Morgan fingerprint density at radius 2 is 1.86 bits per heavy atom. The first-order chi connectivity index (χ1) is 12.8. The molecular formula is C20H35Cl2N5O. The summed E-state index contributed by atoms with van der Waals surface area (Å²) in [6, 6.07) is 2.86. The highest BCUT2D eigenvalue weighted by Gasteiger charge is 2.26. The summed E-state index contributed by atoms with van der Waals surface area (Å²) in [7, 11) is 0. The Hall–Kier alpha value is -0.820. The van der Waals surface area contributed by atoms with Crippen LogP contribution in [0.3, 0.4) is 0 Å². The van der Waals surface area contributed by atoms with Crippen LogP contribution in [0.15, 0.2) is 12.3 Å². The second-order valence-corrected chi connectivity index (χ2v) is 8.19. The molecule has 0 spiro atoms. The van der Waals surface area contributed by atoms with Gasteiger partial charge >= 0.3 is 0 Å². The van der Waals surface area contributed by atoms with Crippen molar-refractivity contribution in [1.29, 1.82) is 0 Å². The number of aromatic nitrogens is 2. The first-order valence-electron chi connectivity index (χ1n) is 10.6. The molecule has 1 aromatic rings. The van der Waals surface area contributed by atoms with Crippen molar-refractivity contribution in [1.82, 2.24) is 24.9 Å². The van der Waals surface area contributed by atoms with Gasteiger partial charge in [0.15, 0.2) is 0 Å². The van der Waals surface area contributed by atoms with E-state index in [1.165, 1.54) is 38.5 Å². The summed E-state index contributed by atoms with van der Waals surface area (Å²) in [5.74, 6) is 0.716. The molecule has 1 N–H and O–H groups in total. The lowest BCUT2D eigenvalue weighted by Crippen LogP contribution is -2.39. The third-order valence-corrected chi connectivity index (χ3v) is 6.40. The van der Waals surface area contributed by atoms with Gasteiger partial charge in [-0.1, -0.05) is 12.8 Å². The first-order valence-corrected chi connectivity index (χ1v) is 10.6. The Labute approximate surface area is 181 Å². The zero-order chi connectivity index (χ0) is 17.8. The molecule has 6 nitrogen and oxygen atoms in total. The van der Waals surface area contributed by atoms with Crippen LogP contribution in [-0.4, -0.2) is 70.8 Å². The molecule has 3 heterocycles. The third kappa shape index (κ3) is 5.85. The summed E-state index contributed by atoms with van der Waals surface area (Å²) < 4.78 is 1.84. The quantitative estimate of drug-likeness (QED) is 0.795. The molecule has 1 unspecified atom stereocenters. The summed E-state index contributed by atoms with van der Waals surface area (Å²) in [6.07, 6.45) is 10.9. The predicted molar refractivity (Wildman–Crippen MR) is 117 cm³/mol. The minimum Gasteiger partial charge on any atom is -0.340 e. The van der Waals surface area contributed by atoms with Gasteiger partial charge in [-0.05, 0) is 44.7 Å². The molecule has 28 heavy (non-hydrogen) atoms. The van der Waals surface area contributed by atoms with Gasteiger partial charge in [0.25, 0.3) is 0 Å². The van der Waals surface area contributed by atoms with E-state index in [4.69, 9.17) is 0 Å². The molecule has 1 saturated carbocycles. The number of hydrogen-bond donors (Lipinski definition) is 1. The van der Waals surface area contributed by atoms with E-state index in [0.717, 1.165) is 57.4 Å². The van der Waals surface area contributed by atoms with Crippen LogP contribution in [0.2, 0.25) is 0 Å². The lowest BCUT2D eigenvalue weighted by atomic mass is 9.97. The van der Waals surface area contributed by atoms with E-state index >= 15 is 0 Å². The molecule has 160 valence electrons. The average Bonchev–Trinajstić information content (AvgIpc) is 3.30. The summed E-state index contributed by atoms with van der Waals surface area (Å²) >= 11 is 0. The number of nitrogens with zero attached hydrogens (tertiary/aromatic N) is 4. The number of piperidine rings is 1. The normalized spacial score (nSPS) is 24.3. The van der Waals surface area contributed by atoms with E-state index in [9.17, 15) is 4.79 Å². The van der Waals surface area contributed by atoms with E-state index in [0.29, 0.717) is 12.5 Å². The molecule has 0 radical (unpaired) electrons. The number of halogens is 2. The minimum atomic E-state index is 0. The summed E-state index contributed by atoms with van der Waals surface area (Å²) in [6.45, 7) is 6.45. The molecule has 3 fully saturated rings. The maximum absolute atomic E-state index is 12.8. The van der Waals surface area contributed by atoms with E-state index < -0.39 is 0 Å². The number of hydrogen-bond acceptors (Lipinski definition) is 4. The van der Waals surface area contributed by atoms with Crippen LogP contribution >= 0.6 is 24.8 Å². The molecule has 1 amide bonds. The fraction of sp³-hybridized carbons (Fsp3) is 0.800. The monoisotopic (exact) mass is 431 g/mol. The Balaban J connectivity index is 0.00000140. The molecule has 2 saturated heterocycles. The number of nitrogens with one attached hydrogen (secondary N) is 1. The predicted octanol–water partition coefficient (Wildman–Crippen LogP) is 2.67. The third-order valence-electron chi connectivity index (χ3n) is 6.40. The van der Waals surface area contributed by atoms with Crippen molar-refractivity contribution < 1.29 is 4.79 Å². The zero-order valence-corrected chi connectivity index (χ0v) is 18.4. The van der Waals surface area contributed by atoms with Gasteiger partial charge in [-0.15, -0.1) is 24.8 Å². The summed E-state index contributed by atoms with van der Waals surface area (Å²) in [5, 5.41) is 8.13. The average molecular weight is 432 g/mol. The molecule has 8 heteroatoms. The first kappa shape index (κ1) is 23.5. The van der Waals surface area contributed by atoms with Crippen molar-refractivity contribution in [3.8, 4) is 0 Å². The van der Waals surface area contributed by atoms with Gasteiger partial charge in [0.2, 0.25) is 5.91 Å². The number of amides is 1. The van der Waals surface area contributed by atoms with Gasteiger partial charge in [0, 0.05) is 50.9 Å². The fourth-order valence-electron chi connectivity index (χ4n) is 4.85. The molecule has 0 bridgehead atoms. The van der Waals surface area contributed by atoms with Crippen molar-refractivity contribution in [2.75, 3.05) is 39.3 Å². The maximum atomic E-state index is 12.8. The van der Waals surface area contributed by atoms with Gasteiger partial charge in [-0.25, -0.2) is 0 Å². The van der Waals surface area contributed by atoms with Crippen LogP contribution in [0.5, 0.6) is 0 Å². The lowest BCUT2D eigenvalue weighted by molar-refractivity contribution is -0.131. The van der Waals surface area contributed by atoms with E-state index in [-0.39, 0.29) is 30.7 Å². The Morgan fingerprint density at radius 1 is 1.04 bits per heavy atom. The second kappa shape index (κ2) is 11.4. The molecule has 4 rings (SSSR count). The Kier molecular flexibility index (Phi) is 9.54. The van der Waals surface area contributed by atoms with Crippen LogP contribution in [0, 0.1) is 0 Å². The van der Waals surface area contributed by atoms with Crippen LogP contribution in [-0.2, 0) is 11.3 Å². The standard InChI is InChI=1S/C20H33N5O.2ClH/c26-20(16-25-12-8-19(22-25)17-5-3-9-21-15-17)24-11-4-10-23(13-14-24)18-6-1-2-7-18;;/h8,12,17-18,21H,1-7,9-11,13-16H2;2*1H. The van der Waals surface area contributed by atoms with E-state index in [2.05, 4.69) is 26.3 Å². The Morgan fingerprint density at radius 3 is 2.61 bits per heavy atom. The van der Waals surface area contributed by atoms with Gasteiger partial charge in [0.1, 0.15) is 6.54 Å². The van der Waals surface area contributed by atoms with Crippen LogP contribution in [0.25, 0.3) is 0 Å². The second-order valence-electron chi connectivity index (χ2n) is 8.19. The lowest BCUT2D eigenvalue weighted by Gasteiger charge is -2.27. The molecule has 1 aromatic heterocycles. The van der Waals surface area contributed by atoms with Crippen LogP contribution in [0.4, 0.5) is 0 Å². The van der Waals surface area contributed by atoms with Gasteiger partial charge < -0.3 is 10.2 Å².